The lowest BCUT2D eigenvalue weighted by Crippen LogP contribution is -2.40. The maximum Gasteiger partial charge on any atom is 0.241 e. The number of nitrogens with zero attached hydrogens (tertiary/aromatic N) is 2. The predicted molar refractivity (Wildman–Crippen MR) is 111 cm³/mol. The molecule has 29 heavy (non-hydrogen) atoms. The van der Waals surface area contributed by atoms with Crippen molar-refractivity contribution in [3.05, 3.63) is 65.5 Å². The van der Waals surface area contributed by atoms with Gasteiger partial charge < -0.3 is 5.32 Å². The molecule has 0 radical (unpaired) electrons. The smallest absolute Gasteiger partial charge is 0.241 e. The Hall–Kier alpha value is -2.45. The summed E-state index contributed by atoms with van der Waals surface area (Å²) >= 11 is 0. The van der Waals surface area contributed by atoms with Gasteiger partial charge in [0.2, 0.25) is 15.9 Å². The van der Waals surface area contributed by atoms with Crippen molar-refractivity contribution in [1.82, 2.24) is 10.2 Å². The lowest BCUT2D eigenvalue weighted by molar-refractivity contribution is -0.119. The number of carbonyl (C=O) groups excluding carboxylic acids is 1. The Morgan fingerprint density at radius 2 is 1.79 bits per heavy atom. The van der Waals surface area contributed by atoms with Gasteiger partial charge in [0.15, 0.2) is 0 Å². The van der Waals surface area contributed by atoms with E-state index in [1.807, 2.05) is 18.2 Å². The van der Waals surface area contributed by atoms with E-state index in [9.17, 15) is 17.6 Å². The number of amides is 1. The summed E-state index contributed by atoms with van der Waals surface area (Å²) in [7, 11) is -3.74. The third kappa shape index (κ3) is 6.01. The number of rotatable bonds is 8. The lowest BCUT2D eigenvalue weighted by Gasteiger charge is -2.22. The molecule has 1 N–H and O–H groups in total. The van der Waals surface area contributed by atoms with Crippen LogP contribution >= 0.6 is 0 Å². The SMILES string of the molecule is CS(=O)(=O)N(CC(=O)NCc1ccccc1CN1CCCC1)c1cccc(F)c1. The summed E-state index contributed by atoms with van der Waals surface area (Å²) in [5.41, 5.74) is 2.28. The van der Waals surface area contributed by atoms with E-state index in [1.54, 1.807) is 0 Å². The van der Waals surface area contributed by atoms with Gasteiger partial charge in [0.05, 0.1) is 11.9 Å². The molecule has 2 aromatic rings. The molecule has 0 spiro atoms. The molecule has 0 unspecified atom stereocenters. The fraction of sp³-hybridized carbons (Fsp3) is 0.381. The Labute approximate surface area is 171 Å². The average molecular weight is 420 g/mol. The van der Waals surface area contributed by atoms with Crippen molar-refractivity contribution in [2.45, 2.75) is 25.9 Å². The maximum absolute atomic E-state index is 13.5. The lowest BCUT2D eigenvalue weighted by atomic mass is 10.1. The molecule has 0 aliphatic carbocycles. The van der Waals surface area contributed by atoms with Gasteiger partial charge in [-0.3, -0.25) is 14.0 Å². The summed E-state index contributed by atoms with van der Waals surface area (Å²) in [6, 6.07) is 13.1. The molecular formula is C21H26FN3O3S. The molecule has 1 amide bonds. The van der Waals surface area contributed by atoms with Crippen molar-refractivity contribution >= 4 is 21.6 Å². The molecule has 1 heterocycles. The molecule has 0 aromatic heterocycles. The molecule has 156 valence electrons. The Balaban J connectivity index is 1.65. The number of nitrogens with one attached hydrogen (secondary N) is 1. The fourth-order valence-electron chi connectivity index (χ4n) is 3.48. The van der Waals surface area contributed by atoms with Crippen molar-refractivity contribution in [2.24, 2.45) is 0 Å². The standard InChI is InChI=1S/C21H26FN3O3S/c1-29(27,28)25(20-10-6-9-19(22)13-20)16-21(26)23-14-17-7-2-3-8-18(17)15-24-11-4-5-12-24/h2-3,6-10,13H,4-5,11-12,14-16H2,1H3,(H,23,26). The van der Waals surface area contributed by atoms with Crippen LogP contribution in [0, 0.1) is 5.82 Å². The van der Waals surface area contributed by atoms with Crippen molar-refractivity contribution < 1.29 is 17.6 Å². The first-order valence-electron chi connectivity index (χ1n) is 9.62. The van der Waals surface area contributed by atoms with Gasteiger partial charge in [0.25, 0.3) is 0 Å². The second kappa shape index (κ2) is 9.37. The summed E-state index contributed by atoms with van der Waals surface area (Å²) in [5.74, 6) is -1.01. The number of carbonyl (C=O) groups is 1. The van der Waals surface area contributed by atoms with Crippen LogP contribution in [0.2, 0.25) is 0 Å². The summed E-state index contributed by atoms with van der Waals surface area (Å²) < 4.78 is 38.6. The monoisotopic (exact) mass is 419 g/mol. The van der Waals surface area contributed by atoms with Crippen LogP contribution in [0.15, 0.2) is 48.5 Å². The van der Waals surface area contributed by atoms with Crippen LogP contribution in [0.25, 0.3) is 0 Å². The molecular weight excluding hydrogens is 393 g/mol. The third-order valence-corrected chi connectivity index (χ3v) is 6.11. The van der Waals surface area contributed by atoms with Crippen LogP contribution < -0.4 is 9.62 Å². The van der Waals surface area contributed by atoms with Gasteiger partial charge in [0.1, 0.15) is 12.4 Å². The van der Waals surface area contributed by atoms with E-state index < -0.39 is 28.3 Å². The molecule has 1 aliphatic heterocycles. The number of halogens is 1. The minimum absolute atomic E-state index is 0.122. The van der Waals surface area contributed by atoms with Crippen LogP contribution in [0.4, 0.5) is 10.1 Å². The van der Waals surface area contributed by atoms with E-state index in [1.165, 1.54) is 31.0 Å². The van der Waals surface area contributed by atoms with E-state index in [0.717, 1.165) is 47.4 Å². The van der Waals surface area contributed by atoms with E-state index in [0.29, 0.717) is 6.54 Å². The van der Waals surface area contributed by atoms with Gasteiger partial charge in [-0.2, -0.15) is 0 Å². The molecule has 0 bridgehead atoms. The zero-order valence-corrected chi connectivity index (χ0v) is 17.3. The quantitative estimate of drug-likeness (QED) is 0.714. The molecule has 6 nitrogen and oxygen atoms in total. The van der Waals surface area contributed by atoms with Crippen LogP contribution in [-0.4, -0.2) is 45.1 Å². The van der Waals surface area contributed by atoms with Crippen LogP contribution in [0.3, 0.4) is 0 Å². The highest BCUT2D eigenvalue weighted by molar-refractivity contribution is 7.92. The molecule has 1 fully saturated rings. The molecule has 1 aliphatic rings. The number of hydrogen-bond acceptors (Lipinski definition) is 4. The summed E-state index contributed by atoms with van der Waals surface area (Å²) in [6.07, 6.45) is 3.41. The maximum atomic E-state index is 13.5. The van der Waals surface area contributed by atoms with Gasteiger partial charge in [-0.05, 0) is 55.3 Å². The minimum atomic E-state index is -3.74. The van der Waals surface area contributed by atoms with Gasteiger partial charge >= 0.3 is 0 Å². The molecule has 8 heteroatoms. The molecule has 3 rings (SSSR count). The van der Waals surface area contributed by atoms with Gasteiger partial charge in [-0.25, -0.2) is 12.8 Å². The van der Waals surface area contributed by atoms with Crippen molar-refractivity contribution in [3.8, 4) is 0 Å². The zero-order valence-electron chi connectivity index (χ0n) is 16.5. The topological polar surface area (TPSA) is 69.7 Å². The Kier molecular flexibility index (Phi) is 6.87. The van der Waals surface area contributed by atoms with E-state index in [4.69, 9.17) is 0 Å². The van der Waals surface area contributed by atoms with Crippen molar-refractivity contribution in [2.75, 3.05) is 30.2 Å². The van der Waals surface area contributed by atoms with Gasteiger partial charge in [-0.15, -0.1) is 0 Å². The first-order chi connectivity index (χ1) is 13.8. The summed E-state index contributed by atoms with van der Waals surface area (Å²) in [6.45, 7) is 2.90. The van der Waals surface area contributed by atoms with E-state index >= 15 is 0 Å². The van der Waals surface area contributed by atoms with E-state index in [2.05, 4.69) is 16.3 Å². The number of anilines is 1. The highest BCUT2D eigenvalue weighted by atomic mass is 32.2. The van der Waals surface area contributed by atoms with Crippen molar-refractivity contribution in [1.29, 1.82) is 0 Å². The molecule has 2 aromatic carbocycles. The Bertz CT molecular complexity index is 959. The van der Waals surface area contributed by atoms with Crippen LogP contribution in [0.1, 0.15) is 24.0 Å². The van der Waals surface area contributed by atoms with E-state index in [-0.39, 0.29) is 5.69 Å². The summed E-state index contributed by atoms with van der Waals surface area (Å²) in [5, 5.41) is 2.79. The highest BCUT2D eigenvalue weighted by Gasteiger charge is 2.21. The summed E-state index contributed by atoms with van der Waals surface area (Å²) in [4.78, 5) is 14.9. The molecule has 0 atom stereocenters. The second-order valence-corrected chi connectivity index (χ2v) is 9.19. The average Bonchev–Trinajstić information content (AvgIpc) is 3.17. The second-order valence-electron chi connectivity index (χ2n) is 7.28. The normalized spacial score (nSPS) is 14.7. The largest absolute Gasteiger partial charge is 0.350 e. The Morgan fingerprint density at radius 1 is 1.10 bits per heavy atom. The number of sulfonamides is 1. The molecule has 0 saturated carbocycles. The first-order valence-corrected chi connectivity index (χ1v) is 11.5. The third-order valence-electron chi connectivity index (χ3n) is 4.97. The Morgan fingerprint density at radius 3 is 2.45 bits per heavy atom. The van der Waals surface area contributed by atoms with Crippen LogP contribution in [-0.2, 0) is 27.9 Å². The number of likely N-dealkylation sites (tertiary alicyclic amines) is 1. The van der Waals surface area contributed by atoms with Crippen LogP contribution in [0.5, 0.6) is 0 Å². The molecule has 1 saturated heterocycles. The fourth-order valence-corrected chi connectivity index (χ4v) is 4.33. The number of benzene rings is 2. The zero-order chi connectivity index (χ0) is 20.9. The predicted octanol–water partition coefficient (Wildman–Crippen LogP) is 2.50. The minimum Gasteiger partial charge on any atom is -0.350 e. The first kappa shape index (κ1) is 21.3. The number of hydrogen-bond donors (Lipinski definition) is 1. The highest BCUT2D eigenvalue weighted by Crippen LogP contribution is 2.19. The van der Waals surface area contributed by atoms with Gasteiger partial charge in [-0.1, -0.05) is 30.3 Å². The van der Waals surface area contributed by atoms with Gasteiger partial charge in [0, 0.05) is 13.1 Å². The van der Waals surface area contributed by atoms with Crippen molar-refractivity contribution in [3.63, 3.8) is 0 Å².